The Kier molecular flexibility index (Phi) is 7.76. The molecule has 1 unspecified atom stereocenters. The Hall–Kier alpha value is -3.32. The summed E-state index contributed by atoms with van der Waals surface area (Å²) >= 11 is 0. The van der Waals surface area contributed by atoms with E-state index in [1.165, 1.54) is 19.4 Å². The number of aliphatic hydroxyl groups excluding tert-OH is 1. The molecule has 3 aromatic rings. The van der Waals surface area contributed by atoms with E-state index in [4.69, 9.17) is 9.47 Å². The number of aryl methyl sites for hydroxylation is 1. The highest BCUT2D eigenvalue weighted by Crippen LogP contribution is 2.23. The van der Waals surface area contributed by atoms with Crippen molar-refractivity contribution in [3.8, 4) is 11.5 Å². The van der Waals surface area contributed by atoms with Crippen molar-refractivity contribution in [1.29, 1.82) is 0 Å². The molecule has 0 amide bonds. The predicted octanol–water partition coefficient (Wildman–Crippen LogP) is 4.55. The summed E-state index contributed by atoms with van der Waals surface area (Å²) in [6.45, 7) is 8.06. The second-order valence-corrected chi connectivity index (χ2v) is 8.62. The molecule has 0 aliphatic rings. The monoisotopic (exact) mass is 452 g/mol. The highest BCUT2D eigenvalue weighted by atomic mass is 16.5. The van der Waals surface area contributed by atoms with Gasteiger partial charge in [-0.2, -0.15) is 0 Å². The zero-order valence-electron chi connectivity index (χ0n) is 19.6. The van der Waals surface area contributed by atoms with Crippen molar-refractivity contribution < 1.29 is 24.5 Å². The lowest BCUT2D eigenvalue weighted by atomic mass is 10.1. The van der Waals surface area contributed by atoms with Crippen molar-refractivity contribution in [2.45, 2.75) is 58.8 Å². The average Bonchev–Trinajstić information content (AvgIpc) is 3.18. The van der Waals surface area contributed by atoms with E-state index >= 15 is 0 Å². The maximum atomic E-state index is 11.2. The molecule has 33 heavy (non-hydrogen) atoms. The fourth-order valence-corrected chi connectivity index (χ4v) is 3.29. The van der Waals surface area contributed by atoms with Crippen LogP contribution >= 0.6 is 0 Å². The Morgan fingerprint density at radius 2 is 1.73 bits per heavy atom. The zero-order valence-corrected chi connectivity index (χ0v) is 19.6. The van der Waals surface area contributed by atoms with E-state index in [9.17, 15) is 15.0 Å². The third-order valence-electron chi connectivity index (χ3n) is 5.35. The summed E-state index contributed by atoms with van der Waals surface area (Å²) in [5.74, 6) is 0.749. The Morgan fingerprint density at radius 3 is 2.33 bits per heavy atom. The lowest BCUT2D eigenvalue weighted by molar-refractivity contribution is -0.152. The molecule has 7 nitrogen and oxygen atoms in total. The number of hydrogen-bond acceptors (Lipinski definition) is 5. The second-order valence-electron chi connectivity index (χ2n) is 8.62. The molecule has 7 heteroatoms. The van der Waals surface area contributed by atoms with Crippen LogP contribution in [0.15, 0.2) is 54.7 Å². The largest absolute Gasteiger partial charge is 0.493 e. The first-order valence-electron chi connectivity index (χ1n) is 11.1. The molecule has 3 rings (SSSR count). The standard InChI is InChI=1S/C26H32N2O5/c1-5-23(29)24-27-20(17-28(24)16-19-8-6-18(2)7-9-19)14-15-32-21-10-12-22(13-11-21)33-26(3,4)25(30)31/h6-13,17,23,29H,5,14-16H2,1-4H3,(H,30,31). The summed E-state index contributed by atoms with van der Waals surface area (Å²) in [6.07, 6.45) is 2.54. The van der Waals surface area contributed by atoms with Crippen LogP contribution in [0.1, 0.15) is 55.9 Å². The van der Waals surface area contributed by atoms with Gasteiger partial charge < -0.3 is 24.3 Å². The zero-order chi connectivity index (χ0) is 24.0. The SMILES string of the molecule is CCC(O)c1nc(CCOc2ccc(OC(C)(C)C(=O)O)cc2)cn1Cc1ccc(C)cc1. The van der Waals surface area contributed by atoms with Crippen LogP contribution in [0.2, 0.25) is 0 Å². The van der Waals surface area contributed by atoms with E-state index in [1.807, 2.05) is 17.7 Å². The molecule has 1 aromatic heterocycles. The Bertz CT molecular complexity index is 1060. The topological polar surface area (TPSA) is 93.8 Å². The van der Waals surface area contributed by atoms with Crippen LogP contribution < -0.4 is 9.47 Å². The van der Waals surface area contributed by atoms with Gasteiger partial charge in [0.05, 0.1) is 12.3 Å². The van der Waals surface area contributed by atoms with Gasteiger partial charge in [-0.25, -0.2) is 9.78 Å². The van der Waals surface area contributed by atoms with E-state index in [1.54, 1.807) is 24.3 Å². The number of carboxylic acid groups (broad SMARTS) is 1. The first-order chi connectivity index (χ1) is 15.7. The fraction of sp³-hybridized carbons (Fsp3) is 0.385. The molecule has 2 aromatic carbocycles. The first-order valence-corrected chi connectivity index (χ1v) is 11.1. The molecule has 0 fully saturated rings. The highest BCUT2D eigenvalue weighted by molar-refractivity contribution is 5.76. The van der Waals surface area contributed by atoms with E-state index in [-0.39, 0.29) is 0 Å². The summed E-state index contributed by atoms with van der Waals surface area (Å²) in [4.78, 5) is 15.9. The van der Waals surface area contributed by atoms with E-state index < -0.39 is 17.7 Å². The number of aromatic nitrogens is 2. The lowest BCUT2D eigenvalue weighted by Crippen LogP contribution is -2.37. The Labute approximate surface area is 194 Å². The van der Waals surface area contributed by atoms with Crippen LogP contribution in [0.25, 0.3) is 0 Å². The van der Waals surface area contributed by atoms with Crippen LogP contribution in [0.4, 0.5) is 0 Å². The van der Waals surface area contributed by atoms with Crippen LogP contribution in [0, 0.1) is 6.92 Å². The van der Waals surface area contributed by atoms with Crippen LogP contribution in [0.3, 0.4) is 0 Å². The minimum absolute atomic E-state index is 0.421. The number of carboxylic acids is 1. The van der Waals surface area contributed by atoms with Crippen molar-refractivity contribution in [2.75, 3.05) is 6.61 Å². The molecule has 2 N–H and O–H groups in total. The molecule has 0 aliphatic heterocycles. The second kappa shape index (κ2) is 10.5. The van der Waals surface area contributed by atoms with Crippen molar-refractivity contribution in [3.63, 3.8) is 0 Å². The molecule has 0 spiro atoms. The van der Waals surface area contributed by atoms with Crippen molar-refractivity contribution in [1.82, 2.24) is 9.55 Å². The van der Waals surface area contributed by atoms with Gasteiger partial charge in [-0.3, -0.25) is 0 Å². The van der Waals surface area contributed by atoms with Gasteiger partial charge in [0.1, 0.15) is 23.4 Å². The summed E-state index contributed by atoms with van der Waals surface area (Å²) in [5.41, 5.74) is 1.91. The van der Waals surface area contributed by atoms with Gasteiger partial charge in [0.25, 0.3) is 0 Å². The summed E-state index contributed by atoms with van der Waals surface area (Å²) in [6, 6.07) is 15.2. The van der Waals surface area contributed by atoms with Gasteiger partial charge in [0, 0.05) is 19.2 Å². The van der Waals surface area contributed by atoms with Gasteiger partial charge in [-0.05, 0) is 57.0 Å². The average molecular weight is 453 g/mol. The Balaban J connectivity index is 1.61. The van der Waals surface area contributed by atoms with E-state index in [0.717, 1.165) is 11.3 Å². The quantitative estimate of drug-likeness (QED) is 0.443. The van der Waals surface area contributed by atoms with Crippen LogP contribution in [0.5, 0.6) is 11.5 Å². The number of ether oxygens (including phenoxy) is 2. The summed E-state index contributed by atoms with van der Waals surface area (Å²) in [5, 5.41) is 19.6. The highest BCUT2D eigenvalue weighted by Gasteiger charge is 2.29. The maximum absolute atomic E-state index is 11.2. The normalized spacial score (nSPS) is 12.4. The predicted molar refractivity (Wildman–Crippen MR) is 126 cm³/mol. The molecular formula is C26H32N2O5. The number of imidazole rings is 1. The number of hydrogen-bond donors (Lipinski definition) is 2. The molecular weight excluding hydrogens is 420 g/mol. The minimum atomic E-state index is -1.31. The number of nitrogens with zero attached hydrogens (tertiary/aromatic N) is 2. The van der Waals surface area contributed by atoms with Gasteiger partial charge in [0.15, 0.2) is 5.60 Å². The van der Waals surface area contributed by atoms with Gasteiger partial charge in [-0.15, -0.1) is 0 Å². The van der Waals surface area contributed by atoms with Gasteiger partial charge in [0.2, 0.25) is 0 Å². The van der Waals surface area contributed by atoms with Gasteiger partial charge >= 0.3 is 5.97 Å². The molecule has 0 saturated carbocycles. The molecule has 0 saturated heterocycles. The number of aliphatic hydroxyl groups is 1. The minimum Gasteiger partial charge on any atom is -0.493 e. The molecule has 176 valence electrons. The Morgan fingerprint density at radius 1 is 1.09 bits per heavy atom. The van der Waals surface area contributed by atoms with Gasteiger partial charge in [-0.1, -0.05) is 36.8 Å². The summed E-state index contributed by atoms with van der Waals surface area (Å²) in [7, 11) is 0. The maximum Gasteiger partial charge on any atom is 0.347 e. The number of rotatable bonds is 11. The molecule has 0 bridgehead atoms. The van der Waals surface area contributed by atoms with E-state index in [2.05, 4.69) is 36.2 Å². The molecule has 1 atom stereocenters. The first kappa shape index (κ1) is 24.3. The van der Waals surface area contributed by atoms with E-state index in [0.29, 0.717) is 43.3 Å². The number of aliphatic carboxylic acids is 1. The van der Waals surface area contributed by atoms with Crippen LogP contribution in [-0.4, -0.2) is 37.9 Å². The molecule has 0 radical (unpaired) electrons. The van der Waals surface area contributed by atoms with Crippen LogP contribution in [-0.2, 0) is 17.8 Å². The fourth-order valence-electron chi connectivity index (χ4n) is 3.29. The third-order valence-corrected chi connectivity index (χ3v) is 5.35. The van der Waals surface area contributed by atoms with Crippen molar-refractivity contribution >= 4 is 5.97 Å². The van der Waals surface area contributed by atoms with Crippen molar-refractivity contribution in [2.24, 2.45) is 0 Å². The molecule has 1 heterocycles. The molecule has 0 aliphatic carbocycles. The smallest absolute Gasteiger partial charge is 0.347 e. The van der Waals surface area contributed by atoms with Crippen molar-refractivity contribution in [3.05, 3.63) is 77.4 Å². The lowest BCUT2D eigenvalue weighted by Gasteiger charge is -2.21. The number of carbonyl (C=O) groups is 1. The summed E-state index contributed by atoms with van der Waals surface area (Å²) < 4.78 is 13.3. The third kappa shape index (κ3) is 6.58. The number of benzene rings is 2.